The van der Waals surface area contributed by atoms with Crippen molar-refractivity contribution in [2.45, 2.75) is 24.0 Å². The lowest BCUT2D eigenvalue weighted by atomic mass is 10.1. The third-order valence-corrected chi connectivity index (χ3v) is 6.12. The second kappa shape index (κ2) is 6.80. The molecular weight excluding hydrogens is 384 g/mol. The van der Waals surface area contributed by atoms with Crippen molar-refractivity contribution in [3.63, 3.8) is 0 Å². The average Bonchev–Trinajstić information content (AvgIpc) is 2.47. The molecule has 0 spiro atoms. The minimum atomic E-state index is -4.21. The zero-order valence-electron chi connectivity index (χ0n) is 12.6. The molecule has 0 N–H and O–H groups in total. The Hall–Kier alpha value is -1.73. The van der Waals surface area contributed by atoms with E-state index < -0.39 is 26.8 Å². The van der Waals surface area contributed by atoms with E-state index in [2.05, 4.69) is 15.9 Å². The van der Waals surface area contributed by atoms with Crippen LogP contribution in [-0.2, 0) is 24.2 Å². The van der Waals surface area contributed by atoms with Crippen molar-refractivity contribution in [2.24, 2.45) is 0 Å². The molecule has 5 nitrogen and oxygen atoms in total. The quantitative estimate of drug-likeness (QED) is 0.571. The monoisotopic (exact) mass is 398 g/mol. The molecule has 0 aliphatic carbocycles. The number of benzene rings is 2. The van der Waals surface area contributed by atoms with Crippen LogP contribution in [0.4, 0.5) is 0 Å². The number of ether oxygens (including phenoxy) is 1. The summed E-state index contributed by atoms with van der Waals surface area (Å²) in [6.07, 6.45) is 0. The van der Waals surface area contributed by atoms with Crippen LogP contribution >= 0.6 is 15.9 Å². The van der Waals surface area contributed by atoms with Gasteiger partial charge in [0.15, 0.2) is 15.6 Å². The zero-order chi connectivity index (χ0) is 17.2. The van der Waals surface area contributed by atoms with E-state index >= 15 is 0 Å². The van der Waals surface area contributed by atoms with Gasteiger partial charge in [0.1, 0.15) is 0 Å². The van der Waals surface area contributed by atoms with Gasteiger partial charge in [-0.3, -0.25) is 9.59 Å². The Labute approximate surface area is 142 Å². The van der Waals surface area contributed by atoms with Crippen LogP contribution in [0.15, 0.2) is 45.8 Å². The average molecular weight is 399 g/mol. The second-order valence-electron chi connectivity index (χ2n) is 4.88. The summed E-state index contributed by atoms with van der Waals surface area (Å²) in [7, 11) is -4.21. The molecule has 0 aromatic heterocycles. The molecule has 122 valence electrons. The van der Waals surface area contributed by atoms with E-state index in [1.54, 1.807) is 37.3 Å². The van der Waals surface area contributed by atoms with Crippen molar-refractivity contribution >= 4 is 48.3 Å². The summed E-state index contributed by atoms with van der Waals surface area (Å²) in [6, 6.07) is 9.83. The van der Waals surface area contributed by atoms with E-state index in [9.17, 15) is 18.0 Å². The van der Waals surface area contributed by atoms with Gasteiger partial charge in [0, 0.05) is 9.86 Å². The van der Waals surface area contributed by atoms with Gasteiger partial charge in [-0.2, -0.15) is 0 Å². The number of rotatable bonds is 5. The van der Waals surface area contributed by atoms with Gasteiger partial charge in [-0.1, -0.05) is 40.2 Å². The van der Waals surface area contributed by atoms with E-state index in [1.165, 1.54) is 6.07 Å². The highest BCUT2D eigenvalue weighted by molar-refractivity contribution is 9.10. The molecule has 1 unspecified atom stereocenters. The second-order valence-corrected chi connectivity index (χ2v) is 7.73. The van der Waals surface area contributed by atoms with Crippen molar-refractivity contribution in [3.05, 3.63) is 40.9 Å². The lowest BCUT2D eigenvalue weighted by Gasteiger charge is -2.15. The fraction of sp³-hybridized carbons (Fsp3) is 0.250. The summed E-state index contributed by atoms with van der Waals surface area (Å²) >= 11 is 3.36. The molecule has 0 heterocycles. The molecule has 2 aromatic carbocycles. The topological polar surface area (TPSA) is 77.5 Å². The zero-order valence-corrected chi connectivity index (χ0v) is 15.0. The Bertz CT molecular complexity index is 873. The van der Waals surface area contributed by atoms with Crippen LogP contribution in [0.2, 0.25) is 0 Å². The number of Topliss-reactive ketones (excluding diaryl/α,β-unsaturated/α-hetero) is 1. The third-order valence-electron chi connectivity index (χ3n) is 3.32. The summed E-state index contributed by atoms with van der Waals surface area (Å²) < 4.78 is 31.2. The third kappa shape index (κ3) is 3.30. The molecular formula is C16H15BrO5S. The number of esters is 1. The first kappa shape index (κ1) is 17.6. The van der Waals surface area contributed by atoms with E-state index in [0.29, 0.717) is 10.8 Å². The fourth-order valence-corrected chi connectivity index (χ4v) is 4.57. The highest BCUT2D eigenvalue weighted by Crippen LogP contribution is 2.31. The molecule has 0 amide bonds. The number of sulfone groups is 1. The first-order valence-electron chi connectivity index (χ1n) is 6.89. The standard InChI is InChI=1S/C16H15BrO5S/c1-3-22-16(19)15(10(2)18)23(20,21)14-9-8-13(17)11-6-4-5-7-12(11)14/h4-9,15H,3H2,1-2H3. The number of carbonyl (C=O) groups is 2. The molecule has 0 fully saturated rings. The maximum absolute atomic E-state index is 12.9. The number of hydrogen-bond acceptors (Lipinski definition) is 5. The number of halogens is 1. The van der Waals surface area contributed by atoms with Crippen molar-refractivity contribution in [1.29, 1.82) is 0 Å². The largest absolute Gasteiger partial charge is 0.465 e. The van der Waals surface area contributed by atoms with Crippen LogP contribution in [0.5, 0.6) is 0 Å². The number of ketones is 1. The van der Waals surface area contributed by atoms with Crippen molar-refractivity contribution in [2.75, 3.05) is 6.61 Å². The van der Waals surface area contributed by atoms with Crippen LogP contribution in [0.3, 0.4) is 0 Å². The first-order valence-corrected chi connectivity index (χ1v) is 9.22. The summed E-state index contributed by atoms with van der Waals surface area (Å²) in [5.74, 6) is -1.82. The predicted molar refractivity (Wildman–Crippen MR) is 89.9 cm³/mol. The number of carbonyl (C=O) groups excluding carboxylic acids is 2. The van der Waals surface area contributed by atoms with Crippen molar-refractivity contribution in [1.82, 2.24) is 0 Å². The molecule has 0 saturated carbocycles. The van der Waals surface area contributed by atoms with Gasteiger partial charge < -0.3 is 4.74 Å². The van der Waals surface area contributed by atoms with Gasteiger partial charge in [0.25, 0.3) is 0 Å². The summed E-state index contributed by atoms with van der Waals surface area (Å²) in [4.78, 5) is 23.7. The Morgan fingerprint density at radius 3 is 2.30 bits per heavy atom. The summed E-state index contributed by atoms with van der Waals surface area (Å²) in [5, 5.41) is -0.732. The smallest absolute Gasteiger partial charge is 0.332 e. The van der Waals surface area contributed by atoms with Crippen molar-refractivity contribution < 1.29 is 22.7 Å². The highest BCUT2D eigenvalue weighted by atomic mass is 79.9. The highest BCUT2D eigenvalue weighted by Gasteiger charge is 2.40. The van der Waals surface area contributed by atoms with E-state index in [-0.39, 0.29) is 11.5 Å². The van der Waals surface area contributed by atoms with E-state index in [0.717, 1.165) is 11.4 Å². The van der Waals surface area contributed by atoms with Crippen LogP contribution in [-0.4, -0.2) is 32.0 Å². The van der Waals surface area contributed by atoms with E-state index in [4.69, 9.17) is 4.74 Å². The van der Waals surface area contributed by atoms with E-state index in [1.807, 2.05) is 0 Å². The van der Waals surface area contributed by atoms with Gasteiger partial charge in [-0.15, -0.1) is 0 Å². The maximum Gasteiger partial charge on any atom is 0.332 e. The maximum atomic E-state index is 12.9. The van der Waals surface area contributed by atoms with Crippen molar-refractivity contribution in [3.8, 4) is 0 Å². The Balaban J connectivity index is 2.70. The first-order chi connectivity index (χ1) is 10.8. The molecule has 0 bridgehead atoms. The Morgan fingerprint density at radius 1 is 1.13 bits per heavy atom. The van der Waals surface area contributed by atoms with Crippen LogP contribution < -0.4 is 0 Å². The predicted octanol–water partition coefficient (Wildman–Crippen LogP) is 2.90. The molecule has 0 aliphatic rings. The summed E-state index contributed by atoms with van der Waals surface area (Å²) in [6.45, 7) is 2.62. The number of hydrogen-bond donors (Lipinski definition) is 0. The summed E-state index contributed by atoms with van der Waals surface area (Å²) in [5.41, 5.74) is 0. The lowest BCUT2D eigenvalue weighted by Crippen LogP contribution is -2.38. The van der Waals surface area contributed by atoms with Crippen LogP contribution in [0.25, 0.3) is 10.8 Å². The van der Waals surface area contributed by atoms with Gasteiger partial charge >= 0.3 is 5.97 Å². The molecule has 7 heteroatoms. The molecule has 0 aliphatic heterocycles. The minimum Gasteiger partial charge on any atom is -0.465 e. The molecule has 23 heavy (non-hydrogen) atoms. The van der Waals surface area contributed by atoms with Gasteiger partial charge in [0.2, 0.25) is 5.25 Å². The van der Waals surface area contributed by atoms with Gasteiger partial charge in [0.05, 0.1) is 11.5 Å². The van der Waals surface area contributed by atoms with Crippen LogP contribution in [0.1, 0.15) is 13.8 Å². The Kier molecular flexibility index (Phi) is 5.21. The van der Waals surface area contributed by atoms with Gasteiger partial charge in [-0.05, 0) is 31.4 Å². The number of fused-ring (bicyclic) bond motifs is 1. The molecule has 1 atom stereocenters. The van der Waals surface area contributed by atoms with Gasteiger partial charge in [-0.25, -0.2) is 8.42 Å². The normalized spacial score (nSPS) is 12.8. The fourth-order valence-electron chi connectivity index (χ4n) is 2.34. The molecule has 0 saturated heterocycles. The minimum absolute atomic E-state index is 0.000775. The Morgan fingerprint density at radius 2 is 1.74 bits per heavy atom. The molecule has 2 aromatic rings. The van der Waals surface area contributed by atoms with Crippen LogP contribution in [0, 0.1) is 0 Å². The SMILES string of the molecule is CCOC(=O)C(C(C)=O)S(=O)(=O)c1ccc(Br)c2ccccc12. The molecule has 2 rings (SSSR count). The lowest BCUT2D eigenvalue weighted by molar-refractivity contribution is -0.144. The molecule has 0 radical (unpaired) electrons.